The van der Waals surface area contributed by atoms with Gasteiger partial charge in [0.05, 0.1) is 27.8 Å². The topological polar surface area (TPSA) is 74.3 Å². The van der Waals surface area contributed by atoms with E-state index in [9.17, 15) is 5.11 Å². The van der Waals surface area contributed by atoms with E-state index in [1.807, 2.05) is 30.3 Å². The van der Waals surface area contributed by atoms with E-state index in [2.05, 4.69) is 19.9 Å². The zero-order valence-corrected chi connectivity index (χ0v) is 16.3. The molecule has 2 saturated heterocycles. The van der Waals surface area contributed by atoms with Crippen LogP contribution in [-0.2, 0) is 4.74 Å². The standard InChI is InChI=1S/C21H23ClN4O2/c22-16-13-23-19(11-15(16)20-24-17-3-1-2-4-18(17)25-20)26-8-6-21(7-9-26)12-14(27)5-10-28-21/h1-4,11,13-14,27H,5-10,12H2,(H,24,25). The predicted octanol–water partition coefficient (Wildman–Crippen LogP) is 3.79. The molecule has 7 heteroatoms. The first-order valence-electron chi connectivity index (χ1n) is 9.80. The van der Waals surface area contributed by atoms with Crippen molar-refractivity contribution in [1.29, 1.82) is 0 Å². The SMILES string of the molecule is OC1CCOC2(CCN(c3cc(-c4nc5ccccc5[nH]4)c(Cl)cn3)CC2)C1. The number of aromatic nitrogens is 3. The van der Waals surface area contributed by atoms with Crippen molar-refractivity contribution in [2.75, 3.05) is 24.6 Å². The highest BCUT2D eigenvalue weighted by molar-refractivity contribution is 6.33. The fraction of sp³-hybridized carbons (Fsp3) is 0.429. The van der Waals surface area contributed by atoms with Crippen molar-refractivity contribution in [3.63, 3.8) is 0 Å². The summed E-state index contributed by atoms with van der Waals surface area (Å²) in [6, 6.07) is 9.95. The van der Waals surface area contributed by atoms with Crippen molar-refractivity contribution >= 4 is 28.5 Å². The zero-order chi connectivity index (χ0) is 19.1. The largest absolute Gasteiger partial charge is 0.393 e. The van der Waals surface area contributed by atoms with Gasteiger partial charge < -0.3 is 19.7 Å². The van der Waals surface area contributed by atoms with Crippen molar-refractivity contribution in [2.24, 2.45) is 0 Å². The lowest BCUT2D eigenvalue weighted by atomic mass is 9.83. The molecule has 1 spiro atoms. The van der Waals surface area contributed by atoms with E-state index in [1.54, 1.807) is 6.20 Å². The molecule has 2 aliphatic rings. The summed E-state index contributed by atoms with van der Waals surface area (Å²) in [6.45, 7) is 2.35. The smallest absolute Gasteiger partial charge is 0.140 e. The molecule has 1 unspecified atom stereocenters. The minimum Gasteiger partial charge on any atom is -0.393 e. The van der Waals surface area contributed by atoms with Gasteiger partial charge in [0.1, 0.15) is 11.6 Å². The van der Waals surface area contributed by atoms with Gasteiger partial charge in [-0.3, -0.25) is 0 Å². The van der Waals surface area contributed by atoms with Crippen LogP contribution in [0.15, 0.2) is 36.5 Å². The maximum absolute atomic E-state index is 10.0. The second-order valence-electron chi connectivity index (χ2n) is 7.79. The number of fused-ring (bicyclic) bond motifs is 1. The van der Waals surface area contributed by atoms with Gasteiger partial charge in [0.2, 0.25) is 0 Å². The first kappa shape index (κ1) is 17.9. The quantitative estimate of drug-likeness (QED) is 0.687. The third-order valence-electron chi connectivity index (χ3n) is 5.95. The van der Waals surface area contributed by atoms with Gasteiger partial charge in [-0.05, 0) is 37.5 Å². The molecule has 5 rings (SSSR count). The number of para-hydroxylation sites is 2. The van der Waals surface area contributed by atoms with Gasteiger partial charge in [0, 0.05) is 37.9 Å². The van der Waals surface area contributed by atoms with E-state index >= 15 is 0 Å². The van der Waals surface area contributed by atoms with Crippen LogP contribution in [0.25, 0.3) is 22.4 Å². The molecule has 3 aromatic rings. The third-order valence-corrected chi connectivity index (χ3v) is 6.25. The predicted molar refractivity (Wildman–Crippen MR) is 110 cm³/mol. The zero-order valence-electron chi connectivity index (χ0n) is 15.6. The normalized spacial score (nSPS) is 22.1. The number of aliphatic hydroxyl groups excluding tert-OH is 1. The van der Waals surface area contributed by atoms with Crippen molar-refractivity contribution in [1.82, 2.24) is 15.0 Å². The lowest BCUT2D eigenvalue weighted by Gasteiger charge is -2.45. The molecule has 1 atom stereocenters. The number of aromatic amines is 1. The van der Waals surface area contributed by atoms with E-state index in [0.29, 0.717) is 11.6 Å². The molecule has 2 aromatic heterocycles. The summed E-state index contributed by atoms with van der Waals surface area (Å²) < 4.78 is 6.06. The number of anilines is 1. The Balaban J connectivity index is 1.39. The Morgan fingerprint density at radius 3 is 2.86 bits per heavy atom. The van der Waals surface area contributed by atoms with Gasteiger partial charge in [-0.15, -0.1) is 0 Å². The number of nitrogens with one attached hydrogen (secondary N) is 1. The fourth-order valence-electron chi connectivity index (χ4n) is 4.36. The molecule has 4 heterocycles. The Bertz CT molecular complexity index is 964. The van der Waals surface area contributed by atoms with E-state index in [1.165, 1.54) is 0 Å². The molecule has 6 nitrogen and oxygen atoms in total. The maximum Gasteiger partial charge on any atom is 0.140 e. The van der Waals surface area contributed by atoms with Crippen molar-refractivity contribution in [2.45, 2.75) is 37.4 Å². The number of imidazole rings is 1. The molecule has 2 N–H and O–H groups in total. The number of rotatable bonds is 2. The number of benzene rings is 1. The van der Waals surface area contributed by atoms with Crippen molar-refractivity contribution < 1.29 is 9.84 Å². The van der Waals surface area contributed by atoms with Gasteiger partial charge in [-0.25, -0.2) is 9.97 Å². The third kappa shape index (κ3) is 3.26. The molecule has 0 aliphatic carbocycles. The highest BCUT2D eigenvalue weighted by Gasteiger charge is 2.40. The van der Waals surface area contributed by atoms with Crippen LogP contribution in [-0.4, -0.2) is 51.5 Å². The van der Waals surface area contributed by atoms with Crippen LogP contribution in [0.5, 0.6) is 0 Å². The number of aliphatic hydroxyl groups is 1. The number of piperidine rings is 1. The van der Waals surface area contributed by atoms with Gasteiger partial charge in [0.25, 0.3) is 0 Å². The van der Waals surface area contributed by atoms with Gasteiger partial charge >= 0.3 is 0 Å². The highest BCUT2D eigenvalue weighted by atomic mass is 35.5. The number of halogens is 1. The second kappa shape index (κ2) is 7.03. The van der Waals surface area contributed by atoms with Crippen molar-refractivity contribution in [3.8, 4) is 11.4 Å². The van der Waals surface area contributed by atoms with Crippen LogP contribution in [0.3, 0.4) is 0 Å². The van der Waals surface area contributed by atoms with Crippen LogP contribution in [0.1, 0.15) is 25.7 Å². The molecule has 0 amide bonds. The molecule has 0 radical (unpaired) electrons. The Morgan fingerprint density at radius 1 is 1.25 bits per heavy atom. The van der Waals surface area contributed by atoms with E-state index in [-0.39, 0.29) is 11.7 Å². The number of ether oxygens (including phenoxy) is 1. The first-order chi connectivity index (χ1) is 13.6. The summed E-state index contributed by atoms with van der Waals surface area (Å²) >= 11 is 6.44. The highest BCUT2D eigenvalue weighted by Crippen LogP contribution is 2.37. The fourth-order valence-corrected chi connectivity index (χ4v) is 4.55. The monoisotopic (exact) mass is 398 g/mol. The lowest BCUT2D eigenvalue weighted by molar-refractivity contribution is -0.128. The lowest BCUT2D eigenvalue weighted by Crippen LogP contribution is -2.50. The number of pyridine rings is 1. The van der Waals surface area contributed by atoms with Crippen LogP contribution in [0.2, 0.25) is 5.02 Å². The Morgan fingerprint density at radius 2 is 2.07 bits per heavy atom. The number of hydrogen-bond acceptors (Lipinski definition) is 5. The Kier molecular flexibility index (Phi) is 4.50. The number of nitrogens with zero attached hydrogens (tertiary/aromatic N) is 3. The van der Waals surface area contributed by atoms with Gasteiger partial charge in [-0.2, -0.15) is 0 Å². The molecule has 1 aromatic carbocycles. The van der Waals surface area contributed by atoms with Crippen LogP contribution in [0.4, 0.5) is 5.82 Å². The summed E-state index contributed by atoms with van der Waals surface area (Å²) in [7, 11) is 0. The average Bonchev–Trinajstić information content (AvgIpc) is 3.13. The molecule has 2 aliphatic heterocycles. The molecule has 28 heavy (non-hydrogen) atoms. The van der Waals surface area contributed by atoms with E-state index in [4.69, 9.17) is 16.3 Å². The maximum atomic E-state index is 10.0. The molecule has 0 saturated carbocycles. The molecular weight excluding hydrogens is 376 g/mol. The van der Waals surface area contributed by atoms with Gasteiger partial charge in [-0.1, -0.05) is 23.7 Å². The first-order valence-corrected chi connectivity index (χ1v) is 10.2. The summed E-state index contributed by atoms with van der Waals surface area (Å²) in [5.74, 6) is 1.65. The summed E-state index contributed by atoms with van der Waals surface area (Å²) in [4.78, 5) is 14.8. The Labute approximate surface area is 168 Å². The van der Waals surface area contributed by atoms with Crippen molar-refractivity contribution in [3.05, 3.63) is 41.6 Å². The van der Waals surface area contributed by atoms with Gasteiger partial charge in [0.15, 0.2) is 0 Å². The minimum atomic E-state index is -0.242. The average molecular weight is 399 g/mol. The molecular formula is C21H23ClN4O2. The van der Waals surface area contributed by atoms with E-state index in [0.717, 1.165) is 67.0 Å². The minimum absolute atomic E-state index is 0.178. The van der Waals surface area contributed by atoms with Crippen LogP contribution >= 0.6 is 11.6 Å². The summed E-state index contributed by atoms with van der Waals surface area (Å²) in [5.41, 5.74) is 2.58. The summed E-state index contributed by atoms with van der Waals surface area (Å²) in [5, 5.41) is 10.6. The molecule has 0 bridgehead atoms. The second-order valence-corrected chi connectivity index (χ2v) is 8.20. The molecule has 2 fully saturated rings. The van der Waals surface area contributed by atoms with E-state index < -0.39 is 0 Å². The number of hydrogen-bond donors (Lipinski definition) is 2. The Hall–Kier alpha value is -2.15. The molecule has 146 valence electrons. The van der Waals surface area contributed by atoms with Crippen LogP contribution < -0.4 is 4.90 Å². The number of H-pyrrole nitrogens is 1. The summed E-state index contributed by atoms with van der Waals surface area (Å²) in [6.07, 6.45) is 4.73. The van der Waals surface area contributed by atoms with Crippen LogP contribution in [0, 0.1) is 0 Å².